The van der Waals surface area contributed by atoms with Crippen LogP contribution in [0.5, 0.6) is 0 Å². The van der Waals surface area contributed by atoms with E-state index in [2.05, 4.69) is 18.2 Å². The van der Waals surface area contributed by atoms with Gasteiger partial charge in [0.2, 0.25) is 0 Å². The predicted molar refractivity (Wildman–Crippen MR) is 55.3 cm³/mol. The average Bonchev–Trinajstić information content (AvgIpc) is 2.03. The normalized spacial score (nSPS) is 9.91. The Balaban J connectivity index is 2.74. The molecular weight excluding hydrogens is 154 g/mol. The van der Waals surface area contributed by atoms with Gasteiger partial charge in [0.05, 0.1) is 0 Å². The summed E-state index contributed by atoms with van der Waals surface area (Å²) in [5, 5.41) is 3.36. The van der Waals surface area contributed by atoms with Crippen molar-refractivity contribution in [2.45, 2.75) is 19.3 Å². The first-order valence-corrected chi connectivity index (χ1v) is 5.61. The molecule has 0 aromatic heterocycles. The molecule has 0 aliphatic heterocycles. The molecule has 0 spiro atoms. The largest absolute Gasteiger partial charge is 0.316 e. The number of hydrogen-bond donors (Lipinski definition) is 1. The third kappa shape index (κ3) is 10.1. The smallest absolute Gasteiger partial charge is 0.00144 e. The molecule has 1 nitrogen and oxygen atoms in total. The minimum Gasteiger partial charge on any atom is -0.316 e. The Morgan fingerprint density at radius 2 is 2.18 bits per heavy atom. The van der Waals surface area contributed by atoms with Crippen molar-refractivity contribution in [1.29, 1.82) is 0 Å². The lowest BCUT2D eigenvalue weighted by Gasteiger charge is -2.01. The number of rotatable bonds is 8. The van der Waals surface area contributed by atoms with Gasteiger partial charge in [-0.3, -0.25) is 0 Å². The lowest BCUT2D eigenvalue weighted by molar-refractivity contribution is 0.648. The molecule has 0 amide bonds. The van der Waals surface area contributed by atoms with E-state index in [-0.39, 0.29) is 0 Å². The van der Waals surface area contributed by atoms with Gasteiger partial charge in [-0.15, -0.1) is 6.58 Å². The van der Waals surface area contributed by atoms with E-state index in [0.717, 1.165) is 19.5 Å². The molecule has 66 valence electrons. The Labute approximate surface area is 74.6 Å². The van der Waals surface area contributed by atoms with Gasteiger partial charge < -0.3 is 5.32 Å². The Morgan fingerprint density at radius 1 is 1.36 bits per heavy atom. The summed E-state index contributed by atoms with van der Waals surface area (Å²) < 4.78 is 0. The van der Waals surface area contributed by atoms with Crippen LogP contribution in [0.2, 0.25) is 0 Å². The van der Waals surface area contributed by atoms with Gasteiger partial charge in [0, 0.05) is 0 Å². The van der Waals surface area contributed by atoms with Gasteiger partial charge >= 0.3 is 0 Å². The Kier molecular flexibility index (Phi) is 10.1. The molecule has 11 heavy (non-hydrogen) atoms. The maximum atomic E-state index is 3.66. The summed E-state index contributed by atoms with van der Waals surface area (Å²) in [7, 11) is 0. The Morgan fingerprint density at radius 3 is 2.82 bits per heavy atom. The SMILES string of the molecule is C=CCCNCCCCSC. The highest BCUT2D eigenvalue weighted by atomic mass is 32.2. The van der Waals surface area contributed by atoms with Gasteiger partial charge in [0.25, 0.3) is 0 Å². The van der Waals surface area contributed by atoms with Crippen LogP contribution in [0, 0.1) is 0 Å². The van der Waals surface area contributed by atoms with Crippen LogP contribution in [-0.2, 0) is 0 Å². The van der Waals surface area contributed by atoms with E-state index in [1.807, 2.05) is 17.8 Å². The van der Waals surface area contributed by atoms with Crippen molar-refractivity contribution in [3.8, 4) is 0 Å². The van der Waals surface area contributed by atoms with E-state index < -0.39 is 0 Å². The minimum atomic E-state index is 1.09. The van der Waals surface area contributed by atoms with E-state index in [1.165, 1.54) is 18.6 Å². The minimum absolute atomic E-state index is 1.09. The van der Waals surface area contributed by atoms with Crippen LogP contribution in [-0.4, -0.2) is 25.1 Å². The van der Waals surface area contributed by atoms with E-state index in [0.29, 0.717) is 0 Å². The van der Waals surface area contributed by atoms with Crippen LogP contribution in [0.25, 0.3) is 0 Å². The van der Waals surface area contributed by atoms with Crippen LogP contribution in [0.3, 0.4) is 0 Å². The molecule has 0 fully saturated rings. The number of nitrogens with one attached hydrogen (secondary N) is 1. The van der Waals surface area contributed by atoms with Gasteiger partial charge in [-0.25, -0.2) is 0 Å². The lowest BCUT2D eigenvalue weighted by atomic mass is 10.3. The van der Waals surface area contributed by atoms with Crippen molar-refractivity contribution >= 4 is 11.8 Å². The summed E-state index contributed by atoms with van der Waals surface area (Å²) in [5.41, 5.74) is 0. The van der Waals surface area contributed by atoms with Crippen LogP contribution >= 0.6 is 11.8 Å². The van der Waals surface area contributed by atoms with E-state index in [1.54, 1.807) is 0 Å². The Bertz CT molecular complexity index is 83.6. The highest BCUT2D eigenvalue weighted by Crippen LogP contribution is 1.97. The summed E-state index contributed by atoms with van der Waals surface area (Å²) in [6.45, 7) is 5.91. The second kappa shape index (κ2) is 10.0. The maximum absolute atomic E-state index is 3.66. The maximum Gasteiger partial charge on any atom is -0.00144 e. The molecule has 1 N–H and O–H groups in total. The van der Waals surface area contributed by atoms with Crippen molar-refractivity contribution < 1.29 is 0 Å². The van der Waals surface area contributed by atoms with Crippen molar-refractivity contribution in [1.82, 2.24) is 5.32 Å². The van der Waals surface area contributed by atoms with Crippen LogP contribution in [0.4, 0.5) is 0 Å². The molecule has 0 bridgehead atoms. The summed E-state index contributed by atoms with van der Waals surface area (Å²) in [6, 6.07) is 0. The molecule has 0 rings (SSSR count). The summed E-state index contributed by atoms with van der Waals surface area (Å²) in [4.78, 5) is 0. The average molecular weight is 173 g/mol. The molecule has 0 saturated heterocycles. The molecule has 0 aromatic carbocycles. The molecule has 0 aliphatic rings. The van der Waals surface area contributed by atoms with Gasteiger partial charge in [-0.2, -0.15) is 11.8 Å². The van der Waals surface area contributed by atoms with Crippen LogP contribution in [0.1, 0.15) is 19.3 Å². The van der Waals surface area contributed by atoms with E-state index in [4.69, 9.17) is 0 Å². The highest BCUT2D eigenvalue weighted by Gasteiger charge is 1.86. The molecule has 2 heteroatoms. The molecule has 0 atom stereocenters. The monoisotopic (exact) mass is 173 g/mol. The summed E-state index contributed by atoms with van der Waals surface area (Å²) in [6.07, 6.45) is 7.84. The van der Waals surface area contributed by atoms with Gasteiger partial charge in [0.1, 0.15) is 0 Å². The van der Waals surface area contributed by atoms with Gasteiger partial charge in [-0.1, -0.05) is 6.08 Å². The first-order valence-electron chi connectivity index (χ1n) is 4.22. The van der Waals surface area contributed by atoms with Crippen molar-refractivity contribution in [3.63, 3.8) is 0 Å². The predicted octanol–water partition coefficient (Wildman–Crippen LogP) is 2.30. The third-order valence-corrected chi connectivity index (χ3v) is 2.17. The van der Waals surface area contributed by atoms with Crippen LogP contribution in [0.15, 0.2) is 12.7 Å². The molecule has 0 unspecified atom stereocenters. The quantitative estimate of drug-likeness (QED) is 0.446. The molecule has 0 aromatic rings. The zero-order valence-electron chi connectivity index (χ0n) is 7.44. The summed E-state index contributed by atoms with van der Waals surface area (Å²) >= 11 is 1.93. The lowest BCUT2D eigenvalue weighted by Crippen LogP contribution is -2.16. The fraction of sp³-hybridized carbons (Fsp3) is 0.778. The standard InChI is InChI=1S/C9H19NS/c1-3-4-7-10-8-5-6-9-11-2/h3,10H,1,4-9H2,2H3. The molecule has 0 aliphatic carbocycles. The molecular formula is C9H19NS. The fourth-order valence-electron chi connectivity index (χ4n) is 0.826. The fourth-order valence-corrected chi connectivity index (χ4v) is 1.32. The second-order valence-electron chi connectivity index (χ2n) is 2.53. The van der Waals surface area contributed by atoms with Crippen molar-refractivity contribution in [2.24, 2.45) is 0 Å². The van der Waals surface area contributed by atoms with E-state index >= 15 is 0 Å². The first kappa shape index (κ1) is 11.1. The third-order valence-electron chi connectivity index (χ3n) is 1.48. The number of thioether (sulfide) groups is 1. The highest BCUT2D eigenvalue weighted by molar-refractivity contribution is 7.98. The zero-order chi connectivity index (χ0) is 8.36. The van der Waals surface area contributed by atoms with Crippen molar-refractivity contribution in [2.75, 3.05) is 25.1 Å². The first-order chi connectivity index (χ1) is 5.41. The summed E-state index contributed by atoms with van der Waals surface area (Å²) in [5.74, 6) is 1.29. The molecule has 0 radical (unpaired) electrons. The van der Waals surface area contributed by atoms with Gasteiger partial charge in [-0.05, 0) is 44.4 Å². The topological polar surface area (TPSA) is 12.0 Å². The van der Waals surface area contributed by atoms with Crippen molar-refractivity contribution in [3.05, 3.63) is 12.7 Å². The molecule has 0 saturated carbocycles. The number of hydrogen-bond acceptors (Lipinski definition) is 2. The molecule has 0 heterocycles. The second-order valence-corrected chi connectivity index (χ2v) is 3.51. The number of unbranched alkanes of at least 4 members (excludes halogenated alkanes) is 1. The zero-order valence-corrected chi connectivity index (χ0v) is 8.25. The van der Waals surface area contributed by atoms with E-state index in [9.17, 15) is 0 Å². The van der Waals surface area contributed by atoms with Gasteiger partial charge in [0.15, 0.2) is 0 Å². The Hall–Kier alpha value is 0.0500. The van der Waals surface area contributed by atoms with Crippen LogP contribution < -0.4 is 5.32 Å².